The number of carbonyl (C=O) groups is 1. The van der Waals surface area contributed by atoms with Crippen molar-refractivity contribution in [1.29, 1.82) is 0 Å². The van der Waals surface area contributed by atoms with Crippen LogP contribution in [0.3, 0.4) is 0 Å². The molecular weight excluding hydrogens is 311 g/mol. The average Bonchev–Trinajstić information content (AvgIpc) is 2.62. The third-order valence-electron chi connectivity index (χ3n) is 2.87. The standard InChI is InChI=1S/C9H11FN4O4S2/c10-20(17,18)3-4-1-5(15)14(2-4)7-6(11)8(16)13-9(19)12-7/h4H,1-3,11H2,(H2,12,13,16,19). The number of rotatable bonds is 3. The Morgan fingerprint density at radius 1 is 1.40 bits per heavy atom. The van der Waals surface area contributed by atoms with E-state index in [1.807, 2.05) is 0 Å². The molecule has 11 heteroatoms. The second kappa shape index (κ2) is 4.98. The summed E-state index contributed by atoms with van der Waals surface area (Å²) in [5, 5.41) is 0. The van der Waals surface area contributed by atoms with Crippen LogP contribution in [-0.2, 0) is 15.0 Å². The average molecular weight is 322 g/mol. The number of nitrogen functional groups attached to an aromatic ring is 1. The molecule has 0 aromatic carbocycles. The summed E-state index contributed by atoms with van der Waals surface area (Å²) in [4.78, 5) is 29.2. The lowest BCUT2D eigenvalue weighted by molar-refractivity contribution is -0.117. The van der Waals surface area contributed by atoms with Gasteiger partial charge in [0, 0.05) is 18.9 Å². The quantitative estimate of drug-likeness (QED) is 0.516. The minimum absolute atomic E-state index is 0.00232. The van der Waals surface area contributed by atoms with E-state index in [0.29, 0.717) is 0 Å². The highest BCUT2D eigenvalue weighted by atomic mass is 32.3. The molecule has 110 valence electrons. The van der Waals surface area contributed by atoms with Crippen LogP contribution in [0.15, 0.2) is 4.79 Å². The van der Waals surface area contributed by atoms with Gasteiger partial charge in [-0.25, -0.2) is 0 Å². The Labute approximate surface area is 118 Å². The van der Waals surface area contributed by atoms with Crippen molar-refractivity contribution in [3.05, 3.63) is 15.1 Å². The number of amides is 1. The third-order valence-corrected chi connectivity index (χ3v) is 3.94. The summed E-state index contributed by atoms with van der Waals surface area (Å²) < 4.78 is 33.8. The second-order valence-corrected chi connectivity index (χ2v) is 6.27. The van der Waals surface area contributed by atoms with Crippen molar-refractivity contribution < 1.29 is 17.1 Å². The van der Waals surface area contributed by atoms with Crippen molar-refractivity contribution in [2.75, 3.05) is 22.9 Å². The Kier molecular flexibility index (Phi) is 3.65. The van der Waals surface area contributed by atoms with Crippen molar-refractivity contribution in [2.45, 2.75) is 6.42 Å². The van der Waals surface area contributed by atoms with E-state index < -0.39 is 33.4 Å². The molecule has 0 radical (unpaired) electrons. The van der Waals surface area contributed by atoms with Gasteiger partial charge in [-0.05, 0) is 12.2 Å². The van der Waals surface area contributed by atoms with Gasteiger partial charge in [0.15, 0.2) is 4.77 Å². The predicted octanol–water partition coefficient (Wildman–Crippen LogP) is -0.333. The zero-order valence-electron chi connectivity index (χ0n) is 10.1. The lowest BCUT2D eigenvalue weighted by Gasteiger charge is -2.17. The third kappa shape index (κ3) is 3.04. The molecule has 1 saturated heterocycles. The van der Waals surface area contributed by atoms with Crippen LogP contribution in [0.4, 0.5) is 15.4 Å². The minimum Gasteiger partial charge on any atom is -0.391 e. The van der Waals surface area contributed by atoms with Crippen LogP contribution in [0.5, 0.6) is 0 Å². The SMILES string of the molecule is Nc1c(N2CC(CS(=O)(=O)F)CC2=O)[nH]c(=S)[nH]c1=O. The smallest absolute Gasteiger partial charge is 0.302 e. The van der Waals surface area contributed by atoms with E-state index in [1.54, 1.807) is 0 Å². The van der Waals surface area contributed by atoms with Crippen LogP contribution in [0, 0.1) is 10.7 Å². The van der Waals surface area contributed by atoms with Gasteiger partial charge in [0.2, 0.25) is 5.91 Å². The predicted molar refractivity (Wildman–Crippen MR) is 72.0 cm³/mol. The number of aromatic nitrogens is 2. The number of nitrogens with two attached hydrogens (primary N) is 1. The highest BCUT2D eigenvalue weighted by molar-refractivity contribution is 7.86. The van der Waals surface area contributed by atoms with Crippen LogP contribution < -0.4 is 16.2 Å². The molecule has 4 N–H and O–H groups in total. The van der Waals surface area contributed by atoms with Gasteiger partial charge in [-0.1, -0.05) is 0 Å². The Bertz CT molecular complexity index is 769. The molecule has 1 aromatic rings. The Morgan fingerprint density at radius 2 is 2.05 bits per heavy atom. The van der Waals surface area contributed by atoms with Gasteiger partial charge in [0.1, 0.15) is 11.5 Å². The fourth-order valence-corrected chi connectivity index (χ4v) is 3.06. The molecule has 1 aliphatic rings. The lowest BCUT2D eigenvalue weighted by Crippen LogP contribution is -2.30. The van der Waals surface area contributed by atoms with Crippen LogP contribution in [-0.4, -0.2) is 36.6 Å². The van der Waals surface area contributed by atoms with Gasteiger partial charge in [-0.3, -0.25) is 19.5 Å². The monoisotopic (exact) mass is 322 g/mol. The van der Waals surface area contributed by atoms with Crippen molar-refractivity contribution in [1.82, 2.24) is 9.97 Å². The topological polar surface area (TPSA) is 129 Å². The van der Waals surface area contributed by atoms with Crippen molar-refractivity contribution in [2.24, 2.45) is 5.92 Å². The van der Waals surface area contributed by atoms with E-state index in [1.165, 1.54) is 0 Å². The molecule has 1 amide bonds. The van der Waals surface area contributed by atoms with Gasteiger partial charge in [-0.2, -0.15) is 8.42 Å². The molecule has 2 heterocycles. The molecule has 0 bridgehead atoms. The summed E-state index contributed by atoms with van der Waals surface area (Å²) in [6.45, 7) is -0.0547. The van der Waals surface area contributed by atoms with E-state index in [9.17, 15) is 21.9 Å². The van der Waals surface area contributed by atoms with Gasteiger partial charge in [-0.15, -0.1) is 3.89 Å². The van der Waals surface area contributed by atoms with E-state index in [-0.39, 0.29) is 29.2 Å². The zero-order valence-corrected chi connectivity index (χ0v) is 11.7. The fraction of sp³-hybridized carbons (Fsp3) is 0.444. The van der Waals surface area contributed by atoms with Gasteiger partial charge in [0.25, 0.3) is 5.56 Å². The van der Waals surface area contributed by atoms with Crippen LogP contribution in [0.1, 0.15) is 6.42 Å². The first-order valence-corrected chi connectivity index (χ1v) is 7.48. The molecule has 1 aromatic heterocycles. The minimum atomic E-state index is -4.67. The molecule has 0 spiro atoms. The summed E-state index contributed by atoms with van der Waals surface area (Å²) >= 11 is 4.78. The van der Waals surface area contributed by atoms with E-state index >= 15 is 0 Å². The molecule has 0 saturated carbocycles. The fourth-order valence-electron chi connectivity index (χ4n) is 2.09. The molecule has 1 fully saturated rings. The summed E-state index contributed by atoms with van der Waals surface area (Å²) in [6.07, 6.45) is -0.143. The molecular formula is C9H11FN4O4S2. The first kappa shape index (κ1) is 14.7. The van der Waals surface area contributed by atoms with Gasteiger partial charge >= 0.3 is 10.2 Å². The molecule has 8 nitrogen and oxygen atoms in total. The van der Waals surface area contributed by atoms with Gasteiger partial charge in [0.05, 0.1) is 5.75 Å². The maximum atomic E-state index is 12.6. The van der Waals surface area contributed by atoms with Crippen LogP contribution >= 0.6 is 12.2 Å². The highest BCUT2D eigenvalue weighted by Crippen LogP contribution is 2.26. The van der Waals surface area contributed by atoms with Crippen molar-refractivity contribution in [3.8, 4) is 0 Å². The van der Waals surface area contributed by atoms with E-state index in [4.69, 9.17) is 18.0 Å². The number of anilines is 2. The molecule has 1 atom stereocenters. The number of hydrogen-bond acceptors (Lipinski definition) is 6. The second-order valence-electron chi connectivity index (χ2n) is 4.45. The van der Waals surface area contributed by atoms with Crippen molar-refractivity contribution in [3.63, 3.8) is 0 Å². The number of nitrogens with zero attached hydrogens (tertiary/aromatic N) is 1. The summed E-state index contributed by atoms with van der Waals surface area (Å²) in [5.74, 6) is -1.90. The highest BCUT2D eigenvalue weighted by Gasteiger charge is 2.35. The molecule has 0 aliphatic carbocycles. The Balaban J connectivity index is 2.34. The van der Waals surface area contributed by atoms with E-state index in [0.717, 1.165) is 4.90 Å². The zero-order chi connectivity index (χ0) is 15.1. The summed E-state index contributed by atoms with van der Waals surface area (Å²) in [7, 11) is -4.67. The van der Waals surface area contributed by atoms with Crippen molar-refractivity contribution >= 4 is 39.9 Å². The number of halogens is 1. The number of aromatic amines is 2. The Hall–Kier alpha value is -1.75. The molecule has 2 rings (SSSR count). The molecule has 20 heavy (non-hydrogen) atoms. The first-order valence-electron chi connectivity index (χ1n) is 5.52. The van der Waals surface area contributed by atoms with E-state index in [2.05, 4.69) is 9.97 Å². The summed E-state index contributed by atoms with van der Waals surface area (Å²) in [5.41, 5.74) is 4.66. The first-order chi connectivity index (χ1) is 9.17. The largest absolute Gasteiger partial charge is 0.391 e. The number of hydrogen-bond donors (Lipinski definition) is 3. The summed E-state index contributed by atoms with van der Waals surface area (Å²) in [6, 6.07) is 0. The number of nitrogens with one attached hydrogen (secondary N) is 2. The lowest BCUT2D eigenvalue weighted by atomic mass is 10.1. The van der Waals surface area contributed by atoms with Gasteiger partial charge < -0.3 is 10.7 Å². The maximum Gasteiger partial charge on any atom is 0.302 e. The molecule has 1 aliphatic heterocycles. The molecule has 1 unspecified atom stereocenters. The Morgan fingerprint density at radius 3 is 2.65 bits per heavy atom. The number of carbonyl (C=O) groups excluding carboxylic acids is 1. The van der Waals surface area contributed by atoms with Crippen LogP contribution in [0.2, 0.25) is 0 Å². The maximum absolute atomic E-state index is 12.6. The van der Waals surface area contributed by atoms with Crippen LogP contribution in [0.25, 0.3) is 0 Å². The number of H-pyrrole nitrogens is 2. The normalized spacial score (nSPS) is 19.6.